The molecule has 2 aliphatic rings. The molecule has 3 rings (SSSR count). The number of hydrogen-bond acceptors (Lipinski definition) is 3. The average molecular weight is 301 g/mol. The first-order chi connectivity index (χ1) is 10.7. The largest absolute Gasteiger partial charge is 0.493 e. The molecule has 4 nitrogen and oxygen atoms in total. The number of fused-ring (bicyclic) bond motifs is 2. The van der Waals surface area contributed by atoms with E-state index in [1.165, 1.54) is 19.3 Å². The van der Waals surface area contributed by atoms with Crippen molar-refractivity contribution in [3.8, 4) is 11.5 Å². The summed E-state index contributed by atoms with van der Waals surface area (Å²) < 4.78 is 10.5. The zero-order chi connectivity index (χ0) is 15.5. The maximum Gasteiger partial charge on any atom is 0.244 e. The average Bonchev–Trinajstić information content (AvgIpc) is 3.15. The number of benzene rings is 1. The van der Waals surface area contributed by atoms with E-state index in [0.717, 1.165) is 17.9 Å². The molecule has 3 atom stereocenters. The minimum Gasteiger partial charge on any atom is -0.493 e. The summed E-state index contributed by atoms with van der Waals surface area (Å²) in [4.78, 5) is 12.1. The highest BCUT2D eigenvalue weighted by Gasteiger charge is 2.39. The molecular weight excluding hydrogens is 278 g/mol. The quantitative estimate of drug-likeness (QED) is 0.850. The molecule has 0 heterocycles. The summed E-state index contributed by atoms with van der Waals surface area (Å²) in [6.07, 6.45) is 8.48. The van der Waals surface area contributed by atoms with Gasteiger partial charge in [0.05, 0.1) is 14.2 Å². The zero-order valence-corrected chi connectivity index (χ0v) is 13.2. The van der Waals surface area contributed by atoms with E-state index in [4.69, 9.17) is 9.47 Å². The number of nitrogens with one attached hydrogen (secondary N) is 1. The van der Waals surface area contributed by atoms with Gasteiger partial charge in [-0.3, -0.25) is 4.79 Å². The van der Waals surface area contributed by atoms with Gasteiger partial charge in [0.1, 0.15) is 0 Å². The highest BCUT2D eigenvalue weighted by Crippen LogP contribution is 2.44. The Bertz CT molecular complexity index is 582. The third-order valence-electron chi connectivity index (χ3n) is 4.90. The Morgan fingerprint density at radius 3 is 2.64 bits per heavy atom. The van der Waals surface area contributed by atoms with E-state index in [2.05, 4.69) is 5.32 Å². The van der Waals surface area contributed by atoms with Gasteiger partial charge < -0.3 is 14.8 Å². The van der Waals surface area contributed by atoms with E-state index in [1.54, 1.807) is 20.3 Å². The lowest BCUT2D eigenvalue weighted by Crippen LogP contribution is -2.37. The topological polar surface area (TPSA) is 47.6 Å². The molecule has 118 valence electrons. The van der Waals surface area contributed by atoms with E-state index in [9.17, 15) is 4.79 Å². The molecule has 0 radical (unpaired) electrons. The van der Waals surface area contributed by atoms with Crippen LogP contribution in [0.15, 0.2) is 24.3 Å². The maximum atomic E-state index is 12.1. The van der Waals surface area contributed by atoms with Gasteiger partial charge in [-0.2, -0.15) is 0 Å². The van der Waals surface area contributed by atoms with E-state index in [0.29, 0.717) is 23.5 Å². The minimum atomic E-state index is -0.00710. The summed E-state index contributed by atoms with van der Waals surface area (Å²) >= 11 is 0. The number of rotatable bonds is 5. The van der Waals surface area contributed by atoms with Gasteiger partial charge in [0, 0.05) is 12.1 Å². The monoisotopic (exact) mass is 301 g/mol. The lowest BCUT2D eigenvalue weighted by molar-refractivity contribution is -0.117. The van der Waals surface area contributed by atoms with Crippen molar-refractivity contribution >= 4 is 12.0 Å². The summed E-state index contributed by atoms with van der Waals surface area (Å²) in [5.41, 5.74) is 0.917. The molecule has 0 aromatic heterocycles. The Kier molecular flexibility index (Phi) is 4.36. The molecule has 0 spiro atoms. The summed E-state index contributed by atoms with van der Waals surface area (Å²) in [6.45, 7) is 0. The number of amides is 1. The van der Waals surface area contributed by atoms with Gasteiger partial charge in [-0.1, -0.05) is 12.5 Å². The summed E-state index contributed by atoms with van der Waals surface area (Å²) in [5.74, 6) is 2.88. The van der Waals surface area contributed by atoms with Gasteiger partial charge in [-0.25, -0.2) is 0 Å². The summed E-state index contributed by atoms with van der Waals surface area (Å²) in [6, 6.07) is 5.98. The van der Waals surface area contributed by atoms with Crippen LogP contribution in [0.3, 0.4) is 0 Å². The Hall–Kier alpha value is -1.97. The Morgan fingerprint density at radius 2 is 2.00 bits per heavy atom. The molecule has 2 aliphatic carbocycles. The Labute approximate surface area is 131 Å². The number of carbonyl (C=O) groups excluding carboxylic acids is 1. The fraction of sp³-hybridized carbons (Fsp3) is 0.500. The van der Waals surface area contributed by atoms with E-state index in [-0.39, 0.29) is 5.91 Å². The fourth-order valence-corrected chi connectivity index (χ4v) is 3.78. The predicted molar refractivity (Wildman–Crippen MR) is 86.0 cm³/mol. The molecule has 1 N–H and O–H groups in total. The smallest absolute Gasteiger partial charge is 0.244 e. The number of ether oxygens (including phenoxy) is 2. The molecule has 2 fully saturated rings. The van der Waals surface area contributed by atoms with Gasteiger partial charge in [0.15, 0.2) is 11.5 Å². The van der Waals surface area contributed by atoms with Gasteiger partial charge in [-0.15, -0.1) is 0 Å². The minimum absolute atomic E-state index is 0.00710. The number of hydrogen-bond donors (Lipinski definition) is 1. The molecule has 22 heavy (non-hydrogen) atoms. The number of methoxy groups -OCH3 is 2. The van der Waals surface area contributed by atoms with Crippen LogP contribution < -0.4 is 14.8 Å². The van der Waals surface area contributed by atoms with Crippen LogP contribution in [0.1, 0.15) is 31.2 Å². The van der Waals surface area contributed by atoms with Crippen LogP contribution in [0.25, 0.3) is 6.08 Å². The van der Waals surface area contributed by atoms with Gasteiger partial charge in [0.2, 0.25) is 5.91 Å². The molecule has 1 aromatic carbocycles. The first-order valence-corrected chi connectivity index (χ1v) is 7.90. The van der Waals surface area contributed by atoms with Crippen molar-refractivity contribution < 1.29 is 14.3 Å². The number of carbonyl (C=O) groups is 1. The second kappa shape index (κ2) is 6.42. The Balaban J connectivity index is 1.60. The third kappa shape index (κ3) is 3.11. The van der Waals surface area contributed by atoms with Crippen molar-refractivity contribution in [1.29, 1.82) is 0 Å². The van der Waals surface area contributed by atoms with Gasteiger partial charge in [-0.05, 0) is 54.9 Å². The lowest BCUT2D eigenvalue weighted by atomic mass is 9.95. The van der Waals surface area contributed by atoms with Crippen LogP contribution in [0, 0.1) is 11.8 Å². The van der Waals surface area contributed by atoms with E-state index in [1.807, 2.05) is 24.3 Å². The molecule has 0 saturated heterocycles. The van der Waals surface area contributed by atoms with Crippen molar-refractivity contribution in [2.45, 2.75) is 31.7 Å². The molecular formula is C18H23NO3. The molecule has 0 unspecified atom stereocenters. The van der Waals surface area contributed by atoms with Crippen molar-refractivity contribution in [3.05, 3.63) is 29.8 Å². The molecule has 4 heteroatoms. The molecule has 0 aliphatic heterocycles. The highest BCUT2D eigenvalue weighted by atomic mass is 16.5. The van der Waals surface area contributed by atoms with Gasteiger partial charge in [0.25, 0.3) is 0 Å². The van der Waals surface area contributed by atoms with Crippen molar-refractivity contribution in [2.75, 3.05) is 14.2 Å². The molecule has 2 saturated carbocycles. The van der Waals surface area contributed by atoms with Crippen LogP contribution in [0.2, 0.25) is 0 Å². The van der Waals surface area contributed by atoms with Crippen LogP contribution in [0.5, 0.6) is 11.5 Å². The zero-order valence-electron chi connectivity index (χ0n) is 13.2. The van der Waals surface area contributed by atoms with Crippen LogP contribution in [-0.2, 0) is 4.79 Å². The second-order valence-electron chi connectivity index (χ2n) is 6.24. The summed E-state index contributed by atoms with van der Waals surface area (Å²) in [7, 11) is 3.21. The van der Waals surface area contributed by atoms with Crippen molar-refractivity contribution in [3.63, 3.8) is 0 Å². The van der Waals surface area contributed by atoms with Crippen LogP contribution in [0.4, 0.5) is 0 Å². The van der Waals surface area contributed by atoms with E-state index < -0.39 is 0 Å². The molecule has 1 amide bonds. The summed E-state index contributed by atoms with van der Waals surface area (Å²) in [5, 5.41) is 3.15. The van der Waals surface area contributed by atoms with Crippen LogP contribution in [-0.4, -0.2) is 26.2 Å². The van der Waals surface area contributed by atoms with Gasteiger partial charge >= 0.3 is 0 Å². The lowest BCUT2D eigenvalue weighted by Gasteiger charge is -2.22. The standard InChI is InChI=1S/C18H23NO3/c1-21-16-7-4-12(11-17(16)22-2)5-8-18(20)19-15-10-13-3-6-14(15)9-13/h4-5,7-8,11,13-15H,3,6,9-10H2,1-2H3,(H,19,20)/t13-,14+,15+/m0/s1. The fourth-order valence-electron chi connectivity index (χ4n) is 3.78. The SMILES string of the molecule is COc1ccc(C=CC(=O)N[C@@H]2C[C@H]3CC[C@@H]2C3)cc1OC. The maximum absolute atomic E-state index is 12.1. The molecule has 2 bridgehead atoms. The van der Waals surface area contributed by atoms with E-state index >= 15 is 0 Å². The third-order valence-corrected chi connectivity index (χ3v) is 4.90. The highest BCUT2D eigenvalue weighted by molar-refractivity contribution is 5.92. The first-order valence-electron chi connectivity index (χ1n) is 7.90. The van der Waals surface area contributed by atoms with Crippen molar-refractivity contribution in [1.82, 2.24) is 5.32 Å². The van der Waals surface area contributed by atoms with Crippen molar-refractivity contribution in [2.24, 2.45) is 11.8 Å². The second-order valence-corrected chi connectivity index (χ2v) is 6.24. The first kappa shape index (κ1) is 14.9. The molecule has 1 aromatic rings. The van der Waals surface area contributed by atoms with Crippen LogP contribution >= 0.6 is 0 Å². The predicted octanol–water partition coefficient (Wildman–Crippen LogP) is 3.02. The Morgan fingerprint density at radius 1 is 1.18 bits per heavy atom. The normalized spacial score (nSPS) is 26.4.